The quantitative estimate of drug-likeness (QED) is 0.775. The molecule has 0 aromatic heterocycles. The zero-order valence-electron chi connectivity index (χ0n) is 15.3. The van der Waals surface area contributed by atoms with Crippen LogP contribution in [0.15, 0.2) is 24.3 Å². The Hall–Kier alpha value is -1.55. The first-order chi connectivity index (χ1) is 11.3. The van der Waals surface area contributed by atoms with E-state index in [1.807, 2.05) is 24.3 Å². The van der Waals surface area contributed by atoms with Crippen LogP contribution in [-0.4, -0.2) is 30.7 Å². The SMILES string of the molecule is [2H]C1([2H])CC(C(Cc2cccc(OCCC(C)C)c2)C(=O)O)CN1. The summed E-state index contributed by atoms with van der Waals surface area (Å²) in [6, 6.07) is 7.57. The Morgan fingerprint density at radius 3 is 3.00 bits per heavy atom. The van der Waals surface area contributed by atoms with Crippen molar-refractivity contribution in [2.24, 2.45) is 17.8 Å². The van der Waals surface area contributed by atoms with Gasteiger partial charge in [-0.25, -0.2) is 0 Å². The molecule has 0 amide bonds. The molecule has 2 atom stereocenters. The molecule has 1 fully saturated rings. The van der Waals surface area contributed by atoms with Crippen LogP contribution in [0.3, 0.4) is 0 Å². The molecule has 2 unspecified atom stereocenters. The van der Waals surface area contributed by atoms with E-state index in [0.29, 0.717) is 25.5 Å². The van der Waals surface area contributed by atoms with Gasteiger partial charge in [-0.15, -0.1) is 0 Å². The van der Waals surface area contributed by atoms with Gasteiger partial charge in [0.05, 0.1) is 12.5 Å². The Labute approximate surface area is 135 Å². The summed E-state index contributed by atoms with van der Waals surface area (Å²) >= 11 is 0. The summed E-state index contributed by atoms with van der Waals surface area (Å²) in [5.74, 6) is -0.332. The van der Waals surface area contributed by atoms with Crippen molar-refractivity contribution in [3.8, 4) is 5.75 Å². The number of benzene rings is 1. The fourth-order valence-corrected chi connectivity index (χ4v) is 2.65. The number of aliphatic carboxylic acids is 1. The summed E-state index contributed by atoms with van der Waals surface area (Å²) in [4.78, 5) is 11.7. The highest BCUT2D eigenvalue weighted by molar-refractivity contribution is 5.71. The topological polar surface area (TPSA) is 58.6 Å². The molecule has 1 aromatic rings. The second-order valence-corrected chi connectivity index (χ2v) is 6.35. The zero-order valence-corrected chi connectivity index (χ0v) is 13.3. The molecule has 1 aliphatic rings. The third-order valence-electron chi connectivity index (χ3n) is 4.06. The van der Waals surface area contributed by atoms with E-state index in [1.54, 1.807) is 0 Å². The highest BCUT2D eigenvalue weighted by atomic mass is 16.5. The van der Waals surface area contributed by atoms with Crippen molar-refractivity contribution < 1.29 is 17.4 Å². The summed E-state index contributed by atoms with van der Waals surface area (Å²) in [5, 5.41) is 12.3. The number of ether oxygens (including phenoxy) is 1. The molecule has 0 spiro atoms. The van der Waals surface area contributed by atoms with Crippen molar-refractivity contribution in [2.45, 2.75) is 33.1 Å². The maximum atomic E-state index is 11.7. The van der Waals surface area contributed by atoms with Gasteiger partial charge in [0.15, 0.2) is 0 Å². The number of carboxylic acid groups (broad SMARTS) is 1. The van der Waals surface area contributed by atoms with Gasteiger partial charge in [-0.2, -0.15) is 0 Å². The Balaban J connectivity index is 2.00. The molecule has 4 heteroatoms. The standard InChI is InChI=1S/C18H27NO3/c1-13(2)7-9-22-16-5-3-4-14(10-16)11-17(18(20)21)15-6-8-19-12-15/h3-5,10,13,15,17,19H,6-9,11-12H2,1-2H3,(H,20,21)/i8D2. The van der Waals surface area contributed by atoms with Crippen LogP contribution in [0, 0.1) is 17.8 Å². The normalized spacial score (nSPS) is 23.0. The van der Waals surface area contributed by atoms with Crippen molar-refractivity contribution in [1.82, 2.24) is 5.32 Å². The molecule has 4 nitrogen and oxygen atoms in total. The molecular formula is C18H27NO3. The number of rotatable bonds is 8. The largest absolute Gasteiger partial charge is 0.494 e. The third-order valence-corrected chi connectivity index (χ3v) is 4.06. The molecule has 0 aliphatic carbocycles. The van der Waals surface area contributed by atoms with E-state index in [4.69, 9.17) is 7.48 Å². The maximum Gasteiger partial charge on any atom is 0.307 e. The zero-order chi connectivity index (χ0) is 17.7. The molecular weight excluding hydrogens is 278 g/mol. The van der Waals surface area contributed by atoms with Gasteiger partial charge in [-0.3, -0.25) is 4.79 Å². The van der Waals surface area contributed by atoms with Gasteiger partial charge >= 0.3 is 5.97 Å². The van der Waals surface area contributed by atoms with Crippen LogP contribution in [0.25, 0.3) is 0 Å². The van der Waals surface area contributed by atoms with E-state index in [1.165, 1.54) is 0 Å². The Kier molecular flexibility index (Phi) is 5.23. The lowest BCUT2D eigenvalue weighted by atomic mass is 9.86. The Morgan fingerprint density at radius 1 is 1.55 bits per heavy atom. The molecule has 0 bridgehead atoms. The molecule has 1 aromatic carbocycles. The van der Waals surface area contributed by atoms with Gasteiger partial charge < -0.3 is 15.2 Å². The van der Waals surface area contributed by atoms with Crippen LogP contribution in [0.4, 0.5) is 0 Å². The minimum Gasteiger partial charge on any atom is -0.494 e. The predicted molar refractivity (Wildman–Crippen MR) is 87.2 cm³/mol. The number of hydrogen-bond acceptors (Lipinski definition) is 3. The number of hydrogen-bond donors (Lipinski definition) is 2. The van der Waals surface area contributed by atoms with E-state index < -0.39 is 18.4 Å². The summed E-state index contributed by atoms with van der Waals surface area (Å²) in [5.41, 5.74) is 0.914. The van der Waals surface area contributed by atoms with E-state index in [0.717, 1.165) is 17.7 Å². The van der Waals surface area contributed by atoms with E-state index in [2.05, 4.69) is 19.2 Å². The van der Waals surface area contributed by atoms with Gasteiger partial charge in [-0.1, -0.05) is 26.0 Å². The molecule has 122 valence electrons. The van der Waals surface area contributed by atoms with E-state index in [9.17, 15) is 9.90 Å². The van der Waals surface area contributed by atoms with Crippen LogP contribution in [-0.2, 0) is 11.2 Å². The molecule has 1 saturated heterocycles. The minimum atomic E-state index is -1.47. The van der Waals surface area contributed by atoms with E-state index in [-0.39, 0.29) is 12.3 Å². The minimum absolute atomic E-state index is 0.206. The smallest absolute Gasteiger partial charge is 0.307 e. The first kappa shape index (κ1) is 14.1. The van der Waals surface area contributed by atoms with Crippen molar-refractivity contribution in [3.05, 3.63) is 29.8 Å². The van der Waals surface area contributed by atoms with Gasteiger partial charge in [0.25, 0.3) is 0 Å². The lowest BCUT2D eigenvalue weighted by molar-refractivity contribution is -0.143. The van der Waals surface area contributed by atoms with Crippen LogP contribution >= 0.6 is 0 Å². The maximum absolute atomic E-state index is 11.7. The second-order valence-electron chi connectivity index (χ2n) is 6.35. The summed E-state index contributed by atoms with van der Waals surface area (Å²) in [6.45, 7) is 3.86. The van der Waals surface area contributed by atoms with Gasteiger partial charge in [0.2, 0.25) is 0 Å². The van der Waals surface area contributed by atoms with E-state index >= 15 is 0 Å². The average Bonchev–Trinajstić information content (AvgIpc) is 2.84. The first-order valence-corrected chi connectivity index (χ1v) is 7.96. The highest BCUT2D eigenvalue weighted by Crippen LogP contribution is 2.25. The van der Waals surface area contributed by atoms with Crippen LogP contribution in [0.2, 0.25) is 0 Å². The van der Waals surface area contributed by atoms with Crippen LogP contribution in [0.5, 0.6) is 5.75 Å². The highest BCUT2D eigenvalue weighted by Gasteiger charge is 2.30. The molecule has 2 rings (SSSR count). The summed E-state index contributed by atoms with van der Waals surface area (Å²) < 4.78 is 21.2. The molecule has 22 heavy (non-hydrogen) atoms. The summed E-state index contributed by atoms with van der Waals surface area (Å²) in [6.07, 6.45) is 1.60. The average molecular weight is 307 g/mol. The Bertz CT molecular complexity index is 563. The van der Waals surface area contributed by atoms with Crippen molar-refractivity contribution in [3.63, 3.8) is 0 Å². The lowest BCUT2D eigenvalue weighted by Gasteiger charge is -2.19. The van der Waals surface area contributed by atoms with Crippen molar-refractivity contribution >= 4 is 5.97 Å². The number of nitrogens with one attached hydrogen (secondary N) is 1. The number of carboxylic acids is 1. The molecule has 1 heterocycles. The monoisotopic (exact) mass is 307 g/mol. The van der Waals surface area contributed by atoms with Crippen molar-refractivity contribution in [2.75, 3.05) is 19.6 Å². The van der Waals surface area contributed by atoms with Gasteiger partial charge in [0, 0.05) is 2.74 Å². The lowest BCUT2D eigenvalue weighted by Crippen LogP contribution is -2.27. The first-order valence-electron chi connectivity index (χ1n) is 8.96. The Morgan fingerprint density at radius 2 is 2.36 bits per heavy atom. The van der Waals surface area contributed by atoms with Gasteiger partial charge in [0.1, 0.15) is 5.75 Å². The predicted octanol–water partition coefficient (Wildman–Crippen LogP) is 2.96. The molecule has 2 N–H and O–H groups in total. The van der Waals surface area contributed by atoms with Crippen LogP contribution in [0.1, 0.15) is 35.0 Å². The van der Waals surface area contributed by atoms with Gasteiger partial charge in [-0.05, 0) is 61.8 Å². The molecule has 1 aliphatic heterocycles. The number of carbonyl (C=O) groups is 1. The fourth-order valence-electron chi connectivity index (χ4n) is 2.65. The third kappa shape index (κ3) is 5.02. The summed E-state index contributed by atoms with van der Waals surface area (Å²) in [7, 11) is 0. The molecule has 0 saturated carbocycles. The van der Waals surface area contributed by atoms with Crippen molar-refractivity contribution in [1.29, 1.82) is 0 Å². The molecule has 0 radical (unpaired) electrons. The second kappa shape index (κ2) is 8.18. The van der Waals surface area contributed by atoms with Crippen LogP contribution < -0.4 is 10.1 Å². The fraction of sp³-hybridized carbons (Fsp3) is 0.611.